The van der Waals surface area contributed by atoms with Gasteiger partial charge in [0.15, 0.2) is 5.76 Å². The Hall–Kier alpha value is -3.07. The topological polar surface area (TPSA) is 79.5 Å². The molecule has 1 saturated heterocycles. The molecule has 32 heavy (non-hydrogen) atoms. The lowest BCUT2D eigenvalue weighted by atomic mass is 10.2. The molecule has 0 aliphatic carbocycles. The molecule has 3 heterocycles. The van der Waals surface area contributed by atoms with Gasteiger partial charge in [0.1, 0.15) is 4.90 Å². The summed E-state index contributed by atoms with van der Waals surface area (Å²) in [6.45, 7) is 4.55. The Labute approximate surface area is 187 Å². The maximum absolute atomic E-state index is 13.3. The number of sulfonamides is 1. The SMILES string of the molecule is Cc1cnc2c(S(=O)(=O)N3CCN(Cc4ncc(-c5ccccc5)o4)CC3)cccc2c1. The van der Waals surface area contributed by atoms with Crippen molar-refractivity contribution in [1.29, 1.82) is 0 Å². The number of aromatic nitrogens is 2. The Morgan fingerprint density at radius 2 is 1.72 bits per heavy atom. The van der Waals surface area contributed by atoms with Crippen LogP contribution in [0, 0.1) is 6.92 Å². The number of oxazole rings is 1. The van der Waals surface area contributed by atoms with Crippen LogP contribution < -0.4 is 0 Å². The zero-order valence-electron chi connectivity index (χ0n) is 17.8. The van der Waals surface area contributed by atoms with E-state index in [1.165, 1.54) is 0 Å². The molecule has 0 spiro atoms. The van der Waals surface area contributed by atoms with E-state index in [2.05, 4.69) is 14.9 Å². The van der Waals surface area contributed by atoms with Crippen LogP contribution in [-0.2, 0) is 16.6 Å². The highest BCUT2D eigenvalue weighted by Gasteiger charge is 2.30. The van der Waals surface area contributed by atoms with Crippen molar-refractivity contribution in [3.63, 3.8) is 0 Å². The van der Waals surface area contributed by atoms with Crippen molar-refractivity contribution >= 4 is 20.9 Å². The smallest absolute Gasteiger partial charge is 0.245 e. The van der Waals surface area contributed by atoms with E-state index in [0.717, 1.165) is 22.3 Å². The Kier molecular flexibility index (Phi) is 5.50. The minimum absolute atomic E-state index is 0.267. The van der Waals surface area contributed by atoms with Gasteiger partial charge >= 0.3 is 0 Å². The lowest BCUT2D eigenvalue weighted by molar-refractivity contribution is 0.169. The second-order valence-corrected chi connectivity index (χ2v) is 9.91. The van der Waals surface area contributed by atoms with E-state index in [4.69, 9.17) is 4.42 Å². The monoisotopic (exact) mass is 448 g/mol. The summed E-state index contributed by atoms with van der Waals surface area (Å²) in [5.74, 6) is 1.37. The molecule has 0 bridgehead atoms. The minimum atomic E-state index is -3.62. The van der Waals surface area contributed by atoms with Crippen LogP contribution in [0.4, 0.5) is 0 Å². The van der Waals surface area contributed by atoms with Gasteiger partial charge in [-0.05, 0) is 24.6 Å². The van der Waals surface area contributed by atoms with Crippen molar-refractivity contribution < 1.29 is 12.8 Å². The van der Waals surface area contributed by atoms with E-state index in [9.17, 15) is 8.42 Å². The van der Waals surface area contributed by atoms with Gasteiger partial charge in [-0.25, -0.2) is 13.4 Å². The Morgan fingerprint density at radius 1 is 0.938 bits per heavy atom. The number of nitrogens with zero attached hydrogens (tertiary/aromatic N) is 4. The molecule has 2 aromatic heterocycles. The summed E-state index contributed by atoms with van der Waals surface area (Å²) in [6.07, 6.45) is 3.44. The fourth-order valence-corrected chi connectivity index (χ4v) is 5.62. The zero-order valence-corrected chi connectivity index (χ0v) is 18.6. The number of hydrogen-bond donors (Lipinski definition) is 0. The quantitative estimate of drug-likeness (QED) is 0.463. The lowest BCUT2D eigenvalue weighted by Gasteiger charge is -2.33. The summed E-state index contributed by atoms with van der Waals surface area (Å²) >= 11 is 0. The number of pyridine rings is 1. The van der Waals surface area contributed by atoms with Crippen LogP contribution in [0.1, 0.15) is 11.5 Å². The molecule has 5 rings (SSSR count). The molecule has 2 aromatic carbocycles. The molecule has 1 aliphatic heterocycles. The molecule has 164 valence electrons. The molecule has 0 amide bonds. The van der Waals surface area contributed by atoms with Gasteiger partial charge in [-0.1, -0.05) is 42.5 Å². The minimum Gasteiger partial charge on any atom is -0.439 e. The average Bonchev–Trinajstić information content (AvgIpc) is 3.28. The Bertz CT molecular complexity index is 1340. The molecule has 0 unspecified atom stereocenters. The van der Waals surface area contributed by atoms with Crippen LogP contribution >= 0.6 is 0 Å². The molecule has 0 radical (unpaired) electrons. The van der Waals surface area contributed by atoms with Crippen molar-refractivity contribution in [2.75, 3.05) is 26.2 Å². The molecular formula is C24H24N4O3S. The summed E-state index contributed by atoms with van der Waals surface area (Å²) in [4.78, 5) is 11.2. The summed E-state index contributed by atoms with van der Waals surface area (Å²) < 4.78 is 34.1. The maximum Gasteiger partial charge on any atom is 0.245 e. The zero-order chi connectivity index (χ0) is 22.1. The van der Waals surface area contributed by atoms with Crippen LogP contribution in [0.5, 0.6) is 0 Å². The first kappa shape index (κ1) is 20.8. The summed E-state index contributed by atoms with van der Waals surface area (Å²) in [5.41, 5.74) is 2.51. The van der Waals surface area contributed by atoms with Crippen molar-refractivity contribution in [3.05, 3.63) is 78.4 Å². The normalized spacial score (nSPS) is 15.9. The van der Waals surface area contributed by atoms with E-state index in [-0.39, 0.29) is 4.90 Å². The molecule has 7 nitrogen and oxygen atoms in total. The van der Waals surface area contributed by atoms with Gasteiger partial charge in [0.05, 0.1) is 18.3 Å². The van der Waals surface area contributed by atoms with E-state index in [1.54, 1.807) is 28.8 Å². The van der Waals surface area contributed by atoms with E-state index in [1.807, 2.05) is 49.4 Å². The third-order valence-electron chi connectivity index (χ3n) is 5.73. The molecule has 0 N–H and O–H groups in total. The largest absolute Gasteiger partial charge is 0.439 e. The number of fused-ring (bicyclic) bond motifs is 1. The van der Waals surface area contributed by atoms with E-state index >= 15 is 0 Å². The second kappa shape index (κ2) is 8.46. The second-order valence-electron chi connectivity index (χ2n) is 8.01. The predicted molar refractivity (Wildman–Crippen MR) is 122 cm³/mol. The first-order chi connectivity index (χ1) is 15.5. The third-order valence-corrected chi connectivity index (χ3v) is 7.66. The molecule has 0 saturated carbocycles. The van der Waals surface area contributed by atoms with E-state index in [0.29, 0.717) is 44.1 Å². The highest BCUT2D eigenvalue weighted by atomic mass is 32.2. The van der Waals surface area contributed by atoms with Crippen molar-refractivity contribution in [2.45, 2.75) is 18.4 Å². The number of hydrogen-bond acceptors (Lipinski definition) is 6. The number of para-hydroxylation sites is 1. The summed E-state index contributed by atoms with van der Waals surface area (Å²) in [7, 11) is -3.62. The highest BCUT2D eigenvalue weighted by molar-refractivity contribution is 7.89. The van der Waals surface area contributed by atoms with Crippen LogP contribution in [0.3, 0.4) is 0 Å². The summed E-state index contributed by atoms with van der Waals surface area (Å²) in [6, 6.07) is 17.1. The van der Waals surface area contributed by atoms with Gasteiger partial charge in [0, 0.05) is 43.3 Å². The number of benzene rings is 2. The first-order valence-electron chi connectivity index (χ1n) is 10.6. The predicted octanol–water partition coefficient (Wildman–Crippen LogP) is 3.70. The molecule has 1 aliphatic rings. The standard InChI is InChI=1S/C24H24N4O3S/c1-18-14-20-8-5-9-22(24(20)26-15-18)32(29,30)28-12-10-27(11-13-28)17-23-25-16-21(31-23)19-6-3-2-4-7-19/h2-9,14-16H,10-13,17H2,1H3. The van der Waals surface area contributed by atoms with Gasteiger partial charge in [-0.3, -0.25) is 9.88 Å². The number of aryl methyl sites for hydroxylation is 1. The number of rotatable bonds is 5. The van der Waals surface area contributed by atoms with Gasteiger partial charge in [-0.15, -0.1) is 0 Å². The summed E-state index contributed by atoms with van der Waals surface area (Å²) in [5, 5.41) is 0.836. The average molecular weight is 449 g/mol. The molecule has 4 aromatic rings. The van der Waals surface area contributed by atoms with Crippen LogP contribution in [0.25, 0.3) is 22.2 Å². The van der Waals surface area contributed by atoms with Crippen molar-refractivity contribution in [3.8, 4) is 11.3 Å². The van der Waals surface area contributed by atoms with Gasteiger partial charge in [0.2, 0.25) is 15.9 Å². The Balaban J connectivity index is 1.27. The first-order valence-corrected chi connectivity index (χ1v) is 12.0. The lowest BCUT2D eigenvalue weighted by Crippen LogP contribution is -2.48. The van der Waals surface area contributed by atoms with Crippen molar-refractivity contribution in [2.24, 2.45) is 0 Å². The van der Waals surface area contributed by atoms with Crippen molar-refractivity contribution in [1.82, 2.24) is 19.2 Å². The molecule has 1 fully saturated rings. The molecule has 8 heteroatoms. The molecular weight excluding hydrogens is 424 g/mol. The van der Waals surface area contributed by atoms with Gasteiger partial charge < -0.3 is 4.42 Å². The fourth-order valence-electron chi connectivity index (χ4n) is 4.03. The van der Waals surface area contributed by atoms with E-state index < -0.39 is 10.0 Å². The molecule has 0 atom stereocenters. The third kappa shape index (κ3) is 4.04. The van der Waals surface area contributed by atoms with Crippen LogP contribution in [0.15, 0.2) is 76.3 Å². The van der Waals surface area contributed by atoms with Crippen LogP contribution in [-0.4, -0.2) is 53.8 Å². The van der Waals surface area contributed by atoms with Crippen LogP contribution in [0.2, 0.25) is 0 Å². The van der Waals surface area contributed by atoms with Gasteiger partial charge in [0.25, 0.3) is 0 Å². The number of piperazine rings is 1. The highest BCUT2D eigenvalue weighted by Crippen LogP contribution is 2.26. The van der Waals surface area contributed by atoms with Gasteiger partial charge in [-0.2, -0.15) is 4.31 Å². The fraction of sp³-hybridized carbons (Fsp3) is 0.250. The Morgan fingerprint density at radius 3 is 2.50 bits per heavy atom. The maximum atomic E-state index is 13.3.